The van der Waals surface area contributed by atoms with Gasteiger partial charge in [0.25, 0.3) is 5.91 Å². The predicted octanol–water partition coefficient (Wildman–Crippen LogP) is -1.80. The van der Waals surface area contributed by atoms with E-state index in [1.54, 1.807) is 4.90 Å². The number of aliphatic hydroxyl groups is 3. The van der Waals surface area contributed by atoms with Crippen LogP contribution in [0.3, 0.4) is 0 Å². The molecule has 1 aromatic rings. The van der Waals surface area contributed by atoms with E-state index in [0.717, 1.165) is 6.26 Å². The molecular formula is C15H24N2O9. The van der Waals surface area contributed by atoms with Crippen LogP contribution in [0.2, 0.25) is 0 Å². The Hall–Kier alpha value is -2.47. The monoisotopic (exact) mass is 376 g/mol. The molecule has 0 aliphatic heterocycles. The molecule has 11 heteroatoms. The van der Waals surface area contributed by atoms with Gasteiger partial charge in [-0.1, -0.05) is 0 Å². The second-order valence-electron chi connectivity index (χ2n) is 4.99. The largest absolute Gasteiger partial charge is 0.481 e. The Labute approximate surface area is 149 Å². The van der Waals surface area contributed by atoms with E-state index in [9.17, 15) is 14.4 Å². The summed E-state index contributed by atoms with van der Waals surface area (Å²) in [6.45, 7) is 1.75. The van der Waals surface area contributed by atoms with E-state index in [4.69, 9.17) is 25.5 Å². The van der Waals surface area contributed by atoms with Crippen LogP contribution in [0.15, 0.2) is 23.0 Å². The first-order valence-electron chi connectivity index (χ1n) is 7.68. The average molecular weight is 376 g/mol. The lowest BCUT2D eigenvalue weighted by atomic mass is 10.2. The first-order chi connectivity index (χ1) is 12.3. The zero-order valence-corrected chi connectivity index (χ0v) is 14.1. The maximum Gasteiger partial charge on any atom is 0.326 e. The van der Waals surface area contributed by atoms with E-state index in [1.165, 1.54) is 12.3 Å². The summed E-state index contributed by atoms with van der Waals surface area (Å²) in [4.78, 5) is 34.2. The van der Waals surface area contributed by atoms with Gasteiger partial charge in [0.2, 0.25) is 0 Å². The third-order valence-electron chi connectivity index (χ3n) is 3.01. The maximum absolute atomic E-state index is 11.4. The zero-order chi connectivity index (χ0) is 19.9. The number of nitrogens with zero attached hydrogens (tertiary/aromatic N) is 1. The van der Waals surface area contributed by atoms with E-state index in [2.05, 4.69) is 9.73 Å². The molecule has 26 heavy (non-hydrogen) atoms. The van der Waals surface area contributed by atoms with E-state index in [1.807, 2.05) is 0 Å². The normalized spacial score (nSPS) is 11.4. The van der Waals surface area contributed by atoms with Crippen molar-refractivity contribution in [2.75, 3.05) is 39.5 Å². The number of carbonyl (C=O) groups excluding carboxylic acids is 1. The van der Waals surface area contributed by atoms with Gasteiger partial charge in [-0.15, -0.1) is 0 Å². The van der Waals surface area contributed by atoms with Gasteiger partial charge in [0, 0.05) is 19.6 Å². The number of rotatable bonds is 11. The fraction of sp³-hybridized carbons (Fsp3) is 0.533. The molecule has 11 nitrogen and oxygen atoms in total. The van der Waals surface area contributed by atoms with Gasteiger partial charge in [0.15, 0.2) is 0 Å². The van der Waals surface area contributed by atoms with Crippen molar-refractivity contribution in [1.82, 2.24) is 10.2 Å². The first kappa shape index (κ1) is 23.5. The minimum Gasteiger partial charge on any atom is -0.481 e. The highest BCUT2D eigenvalue weighted by molar-refractivity contribution is 5.97. The molecule has 1 rings (SSSR count). The van der Waals surface area contributed by atoms with Crippen LogP contribution in [0.5, 0.6) is 0 Å². The van der Waals surface area contributed by atoms with Crippen LogP contribution >= 0.6 is 0 Å². The molecule has 1 aromatic heterocycles. The van der Waals surface area contributed by atoms with E-state index < -0.39 is 30.3 Å². The number of nitrogens with one attached hydrogen (secondary N) is 1. The number of carboxylic acid groups (broad SMARTS) is 2. The zero-order valence-electron chi connectivity index (χ0n) is 14.1. The molecule has 0 aromatic carbocycles. The number of carbonyl (C=O) groups is 3. The number of hydrogen-bond donors (Lipinski definition) is 6. The average Bonchev–Trinajstić information content (AvgIpc) is 3.09. The highest BCUT2D eigenvalue weighted by Crippen LogP contribution is 2.01. The number of furan rings is 1. The highest BCUT2D eigenvalue weighted by atomic mass is 16.4. The highest BCUT2D eigenvalue weighted by Gasteiger charge is 2.23. The van der Waals surface area contributed by atoms with Crippen LogP contribution in [0.1, 0.15) is 16.8 Å². The predicted molar refractivity (Wildman–Crippen MR) is 87.5 cm³/mol. The number of aliphatic carboxylic acids is 2. The smallest absolute Gasteiger partial charge is 0.326 e. The van der Waals surface area contributed by atoms with Crippen molar-refractivity contribution in [3.05, 3.63) is 24.2 Å². The molecular weight excluding hydrogens is 352 g/mol. The fourth-order valence-electron chi connectivity index (χ4n) is 1.77. The number of hydrogen-bond acceptors (Lipinski definition) is 8. The van der Waals surface area contributed by atoms with Gasteiger partial charge < -0.3 is 35.3 Å². The van der Waals surface area contributed by atoms with E-state index >= 15 is 0 Å². The van der Waals surface area contributed by atoms with Gasteiger partial charge in [-0.25, -0.2) is 4.79 Å². The quantitative estimate of drug-likeness (QED) is 0.258. The Bertz CT molecular complexity index is 519. The minimum absolute atomic E-state index is 0.0694. The molecule has 148 valence electrons. The fourth-order valence-corrected chi connectivity index (χ4v) is 1.77. The number of amides is 1. The summed E-state index contributed by atoms with van der Waals surface area (Å²) in [6, 6.07) is -0.116. The van der Waals surface area contributed by atoms with Crippen molar-refractivity contribution < 1.29 is 44.3 Å². The van der Waals surface area contributed by atoms with Crippen LogP contribution < -0.4 is 5.32 Å². The summed E-state index contributed by atoms with van der Waals surface area (Å²) < 4.78 is 4.63. The Morgan fingerprint density at radius 1 is 1.04 bits per heavy atom. The summed E-state index contributed by atoms with van der Waals surface area (Å²) in [6.07, 6.45) is 1.70. The lowest BCUT2D eigenvalue weighted by Crippen LogP contribution is -2.42. The summed E-state index contributed by atoms with van der Waals surface area (Å²) in [5.41, 5.74) is 0.136. The van der Waals surface area contributed by atoms with Crippen molar-refractivity contribution in [1.29, 1.82) is 0 Å². The molecule has 0 bridgehead atoms. The SMILES string of the molecule is O=C(O)C[C@H](NC(=O)c1ccoc1)C(=O)O.OCCN(CCO)CCO. The summed E-state index contributed by atoms with van der Waals surface area (Å²) in [5.74, 6) is -3.40. The Morgan fingerprint density at radius 2 is 1.58 bits per heavy atom. The van der Waals surface area contributed by atoms with Gasteiger partial charge in [0.1, 0.15) is 12.3 Å². The van der Waals surface area contributed by atoms with E-state index in [0.29, 0.717) is 19.6 Å². The molecule has 0 unspecified atom stereocenters. The Morgan fingerprint density at radius 3 is 1.92 bits per heavy atom. The molecule has 0 saturated heterocycles. The lowest BCUT2D eigenvalue weighted by molar-refractivity contribution is -0.145. The second-order valence-corrected chi connectivity index (χ2v) is 4.99. The van der Waals surface area contributed by atoms with Crippen molar-refractivity contribution >= 4 is 17.8 Å². The molecule has 0 aliphatic rings. The van der Waals surface area contributed by atoms with Gasteiger partial charge >= 0.3 is 11.9 Å². The Balaban J connectivity index is 0.000000541. The van der Waals surface area contributed by atoms with Crippen LogP contribution in [0, 0.1) is 0 Å². The van der Waals surface area contributed by atoms with Gasteiger partial charge in [0.05, 0.1) is 38.1 Å². The van der Waals surface area contributed by atoms with Gasteiger partial charge in [-0.3, -0.25) is 14.5 Å². The van der Waals surface area contributed by atoms with Crippen LogP contribution in [-0.2, 0) is 9.59 Å². The minimum atomic E-state index is -1.46. The van der Waals surface area contributed by atoms with Crippen molar-refractivity contribution in [3.8, 4) is 0 Å². The van der Waals surface area contributed by atoms with Crippen molar-refractivity contribution in [3.63, 3.8) is 0 Å². The third kappa shape index (κ3) is 10.4. The van der Waals surface area contributed by atoms with Crippen molar-refractivity contribution in [2.45, 2.75) is 12.5 Å². The molecule has 0 fully saturated rings. The second kappa shape index (κ2) is 13.8. The van der Waals surface area contributed by atoms with Gasteiger partial charge in [-0.2, -0.15) is 0 Å². The lowest BCUT2D eigenvalue weighted by Gasteiger charge is -2.17. The van der Waals surface area contributed by atoms with E-state index in [-0.39, 0.29) is 25.4 Å². The third-order valence-corrected chi connectivity index (χ3v) is 3.01. The van der Waals surface area contributed by atoms with Crippen molar-refractivity contribution in [2.24, 2.45) is 0 Å². The molecule has 1 amide bonds. The topological polar surface area (TPSA) is 181 Å². The maximum atomic E-state index is 11.4. The molecule has 0 saturated carbocycles. The number of aliphatic hydroxyl groups excluding tert-OH is 3. The van der Waals surface area contributed by atoms with Crippen LogP contribution in [0.4, 0.5) is 0 Å². The standard InChI is InChI=1S/C9H9NO6.C6H15NO3/c11-7(12)3-6(9(14)15)10-8(13)5-1-2-16-4-5;8-4-1-7(2-5-9)3-6-10/h1-2,4,6H,3H2,(H,10,13)(H,11,12)(H,14,15);8-10H,1-6H2/t6-;/m0./s1. The molecule has 1 heterocycles. The van der Waals surface area contributed by atoms with Gasteiger partial charge in [-0.05, 0) is 6.07 Å². The Kier molecular flexibility index (Phi) is 12.5. The molecule has 1 atom stereocenters. The van der Waals surface area contributed by atoms with Crippen LogP contribution in [-0.4, -0.2) is 93.8 Å². The van der Waals surface area contributed by atoms with Crippen LogP contribution in [0.25, 0.3) is 0 Å². The summed E-state index contributed by atoms with van der Waals surface area (Å²) in [5, 5.41) is 44.6. The first-order valence-corrected chi connectivity index (χ1v) is 7.68. The molecule has 0 spiro atoms. The summed E-state index contributed by atoms with van der Waals surface area (Å²) in [7, 11) is 0. The molecule has 6 N–H and O–H groups in total. The molecule has 0 radical (unpaired) electrons. The molecule has 0 aliphatic carbocycles. The number of carboxylic acids is 2. The summed E-state index contributed by atoms with van der Waals surface area (Å²) >= 11 is 0.